The molecule has 130 valence electrons. The highest BCUT2D eigenvalue weighted by Gasteiger charge is 2.23. The van der Waals surface area contributed by atoms with Gasteiger partial charge in [0.1, 0.15) is 5.69 Å². The monoisotopic (exact) mass is 344 g/mol. The van der Waals surface area contributed by atoms with Gasteiger partial charge < -0.3 is 26.4 Å². The highest BCUT2D eigenvalue weighted by Crippen LogP contribution is 2.21. The molecule has 0 aliphatic carbocycles. The molecule has 10 heteroatoms. The summed E-state index contributed by atoms with van der Waals surface area (Å²) < 4.78 is 0. The Morgan fingerprint density at radius 1 is 1.40 bits per heavy atom. The number of hydrogen-bond acceptors (Lipinski definition) is 7. The average Bonchev–Trinajstić information content (AvgIpc) is 2.60. The van der Waals surface area contributed by atoms with Gasteiger partial charge >= 0.3 is 5.97 Å². The second kappa shape index (κ2) is 6.51. The van der Waals surface area contributed by atoms with E-state index in [0.29, 0.717) is 24.5 Å². The Morgan fingerprint density at radius 2 is 2.12 bits per heavy atom. The Bertz CT molecular complexity index is 863. The lowest BCUT2D eigenvalue weighted by Gasteiger charge is -2.30. The quantitative estimate of drug-likeness (QED) is 0.472. The number of carbonyl (C=O) groups is 2. The van der Waals surface area contributed by atoms with Crippen LogP contribution in [0.15, 0.2) is 29.1 Å². The number of aromatic amines is 1. The summed E-state index contributed by atoms with van der Waals surface area (Å²) in [4.78, 5) is 42.1. The number of benzene rings is 1. The van der Waals surface area contributed by atoms with Crippen LogP contribution < -0.4 is 26.8 Å². The van der Waals surface area contributed by atoms with E-state index in [9.17, 15) is 14.4 Å². The molecule has 2 aromatic rings. The number of H-pyrrole nitrogens is 1. The number of nitrogens with zero attached hydrogens (tertiary/aromatic N) is 2. The number of aromatic carboxylic acids is 1. The van der Waals surface area contributed by atoms with Crippen LogP contribution >= 0.6 is 0 Å². The van der Waals surface area contributed by atoms with Gasteiger partial charge in [-0.25, -0.2) is 4.79 Å². The van der Waals surface area contributed by atoms with Crippen molar-refractivity contribution in [2.45, 2.75) is 6.04 Å². The summed E-state index contributed by atoms with van der Waals surface area (Å²) in [5.41, 5.74) is 6.05. The van der Waals surface area contributed by atoms with Crippen molar-refractivity contribution in [3.05, 3.63) is 40.2 Å². The highest BCUT2D eigenvalue weighted by molar-refractivity contribution is 5.88. The lowest BCUT2D eigenvalue weighted by Crippen LogP contribution is -2.44. The maximum absolute atomic E-state index is 11.9. The van der Waals surface area contributed by atoms with Crippen LogP contribution in [0.1, 0.15) is 10.4 Å². The molecule has 1 aromatic heterocycles. The van der Waals surface area contributed by atoms with Gasteiger partial charge in [-0.1, -0.05) is 0 Å². The van der Waals surface area contributed by atoms with E-state index in [1.807, 2.05) is 0 Å². The summed E-state index contributed by atoms with van der Waals surface area (Å²) in [7, 11) is 0. The number of nitrogen functional groups attached to an aromatic ring is 1. The number of aromatic nitrogens is 2. The molecule has 1 aliphatic rings. The Labute approximate surface area is 141 Å². The number of carboxylic acid groups (broad SMARTS) is 1. The molecule has 10 nitrogen and oxygen atoms in total. The van der Waals surface area contributed by atoms with E-state index >= 15 is 0 Å². The zero-order valence-electron chi connectivity index (χ0n) is 13.0. The second-order valence-corrected chi connectivity index (χ2v) is 5.51. The van der Waals surface area contributed by atoms with Crippen molar-refractivity contribution in [2.75, 3.05) is 34.4 Å². The summed E-state index contributed by atoms with van der Waals surface area (Å²) in [6, 6.07) is 5.71. The van der Waals surface area contributed by atoms with E-state index in [2.05, 4.69) is 20.6 Å². The van der Waals surface area contributed by atoms with Crippen molar-refractivity contribution in [1.29, 1.82) is 0 Å². The van der Waals surface area contributed by atoms with Gasteiger partial charge in [-0.15, -0.1) is 0 Å². The fourth-order valence-corrected chi connectivity index (χ4v) is 2.58. The molecular weight excluding hydrogens is 328 g/mol. The maximum atomic E-state index is 11.9. The van der Waals surface area contributed by atoms with Gasteiger partial charge in [0.2, 0.25) is 12.4 Å². The number of rotatable bonds is 5. The minimum absolute atomic E-state index is 0.0181. The van der Waals surface area contributed by atoms with Gasteiger partial charge in [-0.2, -0.15) is 4.98 Å². The lowest BCUT2D eigenvalue weighted by atomic mass is 10.1. The van der Waals surface area contributed by atoms with Crippen LogP contribution in [0, 0.1) is 0 Å². The van der Waals surface area contributed by atoms with E-state index in [4.69, 9.17) is 10.8 Å². The third-order valence-corrected chi connectivity index (χ3v) is 3.79. The molecule has 1 aromatic carbocycles. The molecule has 1 aliphatic heterocycles. The summed E-state index contributed by atoms with van der Waals surface area (Å²) >= 11 is 0. The predicted octanol–water partition coefficient (Wildman–Crippen LogP) is -0.0807. The normalized spacial score (nSPS) is 15.4. The zero-order chi connectivity index (χ0) is 18.0. The molecule has 2 heterocycles. The van der Waals surface area contributed by atoms with Crippen molar-refractivity contribution < 1.29 is 14.7 Å². The average molecular weight is 344 g/mol. The van der Waals surface area contributed by atoms with Crippen LogP contribution in [0.5, 0.6) is 0 Å². The zero-order valence-corrected chi connectivity index (χ0v) is 13.0. The van der Waals surface area contributed by atoms with Gasteiger partial charge in [-0.3, -0.25) is 14.6 Å². The molecule has 1 amide bonds. The summed E-state index contributed by atoms with van der Waals surface area (Å²) in [5, 5.41) is 15.0. The van der Waals surface area contributed by atoms with Crippen LogP contribution in [0.3, 0.4) is 0 Å². The van der Waals surface area contributed by atoms with E-state index in [0.717, 1.165) is 0 Å². The molecule has 3 rings (SSSR count). The van der Waals surface area contributed by atoms with E-state index in [1.54, 1.807) is 12.1 Å². The van der Waals surface area contributed by atoms with E-state index in [-0.39, 0.29) is 29.8 Å². The van der Waals surface area contributed by atoms with Gasteiger partial charge in [0, 0.05) is 18.8 Å². The van der Waals surface area contributed by atoms with Crippen molar-refractivity contribution in [3.8, 4) is 0 Å². The number of amides is 1. The fourth-order valence-electron chi connectivity index (χ4n) is 2.58. The van der Waals surface area contributed by atoms with Crippen molar-refractivity contribution >= 4 is 35.5 Å². The number of anilines is 4. The standard InChI is InChI=1S/C15H16N6O4/c16-15-19-12-11(13(23)20-15)18-9(5-17-12)6-21(7-22)10-3-1-8(2-4-10)14(24)25/h1-4,7,9,18H,5-6H2,(H,24,25)(H4,16,17,19,20,23)/t9-/m1/s1. The number of nitrogens with two attached hydrogens (primary N) is 1. The molecule has 0 fully saturated rings. The molecule has 0 saturated carbocycles. The van der Waals surface area contributed by atoms with Crippen LogP contribution in [-0.4, -0.2) is 46.6 Å². The SMILES string of the molecule is Nc1nc2c(c(=O)[nH]1)N[C@@H](CN(C=O)c1ccc(C(=O)O)cc1)CN2. The van der Waals surface area contributed by atoms with Gasteiger partial charge in [0.15, 0.2) is 5.82 Å². The number of nitrogens with one attached hydrogen (secondary N) is 3. The first kappa shape index (κ1) is 16.3. The van der Waals surface area contributed by atoms with Gasteiger partial charge in [0.05, 0.1) is 11.6 Å². The van der Waals surface area contributed by atoms with Crippen LogP contribution in [0.2, 0.25) is 0 Å². The van der Waals surface area contributed by atoms with Crippen LogP contribution in [0.25, 0.3) is 0 Å². The van der Waals surface area contributed by atoms with Crippen molar-refractivity contribution in [2.24, 2.45) is 0 Å². The molecule has 1 atom stereocenters. The number of hydrogen-bond donors (Lipinski definition) is 5. The maximum Gasteiger partial charge on any atom is 0.335 e. The van der Waals surface area contributed by atoms with Gasteiger partial charge in [-0.05, 0) is 24.3 Å². The van der Waals surface area contributed by atoms with Crippen LogP contribution in [-0.2, 0) is 4.79 Å². The summed E-state index contributed by atoms with van der Waals surface area (Å²) in [6.07, 6.45) is 0.651. The Hall–Kier alpha value is -3.56. The molecule has 0 saturated heterocycles. The third-order valence-electron chi connectivity index (χ3n) is 3.79. The first-order valence-electron chi connectivity index (χ1n) is 7.43. The van der Waals surface area contributed by atoms with E-state index < -0.39 is 11.5 Å². The predicted molar refractivity (Wildman–Crippen MR) is 92.0 cm³/mol. The number of carbonyl (C=O) groups excluding carboxylic acids is 1. The smallest absolute Gasteiger partial charge is 0.335 e. The molecule has 0 unspecified atom stereocenters. The van der Waals surface area contributed by atoms with Crippen molar-refractivity contribution in [1.82, 2.24) is 9.97 Å². The number of carboxylic acids is 1. The molecular formula is C15H16N6O4. The Balaban J connectivity index is 1.75. The summed E-state index contributed by atoms with van der Waals surface area (Å²) in [5.74, 6) is -0.657. The molecule has 0 bridgehead atoms. The largest absolute Gasteiger partial charge is 0.478 e. The fraction of sp³-hybridized carbons (Fsp3) is 0.200. The van der Waals surface area contributed by atoms with Gasteiger partial charge in [0.25, 0.3) is 5.56 Å². The third kappa shape index (κ3) is 3.37. The molecule has 6 N–H and O–H groups in total. The summed E-state index contributed by atoms with van der Waals surface area (Å²) in [6.45, 7) is 0.701. The molecule has 0 spiro atoms. The Kier molecular flexibility index (Phi) is 4.25. The lowest BCUT2D eigenvalue weighted by molar-refractivity contribution is -0.107. The molecule has 25 heavy (non-hydrogen) atoms. The van der Waals surface area contributed by atoms with Crippen molar-refractivity contribution in [3.63, 3.8) is 0 Å². The minimum Gasteiger partial charge on any atom is -0.478 e. The highest BCUT2D eigenvalue weighted by atomic mass is 16.4. The minimum atomic E-state index is -1.04. The Morgan fingerprint density at radius 3 is 2.76 bits per heavy atom. The second-order valence-electron chi connectivity index (χ2n) is 5.51. The van der Waals surface area contributed by atoms with Crippen LogP contribution in [0.4, 0.5) is 23.1 Å². The van der Waals surface area contributed by atoms with E-state index in [1.165, 1.54) is 17.0 Å². The number of fused-ring (bicyclic) bond motifs is 1. The first-order valence-corrected chi connectivity index (χ1v) is 7.43. The topological polar surface area (TPSA) is 153 Å². The molecule has 0 radical (unpaired) electrons. The first-order chi connectivity index (χ1) is 12.0.